The highest BCUT2D eigenvalue weighted by Gasteiger charge is 2.22. The number of carbonyl (C=O) groups is 1. The minimum atomic E-state index is -0.690. The van der Waals surface area contributed by atoms with Gasteiger partial charge in [0.05, 0.1) is 17.9 Å². The van der Waals surface area contributed by atoms with Crippen LogP contribution in [0.2, 0.25) is 0 Å². The van der Waals surface area contributed by atoms with Crippen molar-refractivity contribution in [3.8, 4) is 17.4 Å². The number of benzene rings is 2. The van der Waals surface area contributed by atoms with E-state index in [4.69, 9.17) is 9.47 Å². The average molecular weight is 505 g/mol. The van der Waals surface area contributed by atoms with Gasteiger partial charge in [-0.25, -0.2) is 4.98 Å². The maximum Gasteiger partial charge on any atom is 0.256 e. The Hall–Kier alpha value is -3.62. The van der Waals surface area contributed by atoms with Crippen LogP contribution < -0.4 is 19.7 Å². The zero-order valence-corrected chi connectivity index (χ0v) is 21.8. The van der Waals surface area contributed by atoms with E-state index in [2.05, 4.69) is 26.2 Å². The molecular weight excluding hydrogens is 468 g/mol. The number of hydrogen-bond donors (Lipinski definition) is 2. The van der Waals surface area contributed by atoms with Crippen LogP contribution in [-0.4, -0.2) is 72.4 Å². The normalized spacial score (nSPS) is 14.9. The van der Waals surface area contributed by atoms with E-state index in [1.807, 2.05) is 63.2 Å². The van der Waals surface area contributed by atoms with Crippen molar-refractivity contribution in [2.24, 2.45) is 0 Å². The third-order valence-electron chi connectivity index (χ3n) is 6.16. The van der Waals surface area contributed by atoms with Gasteiger partial charge in [0.2, 0.25) is 5.88 Å². The lowest BCUT2D eigenvalue weighted by Gasteiger charge is -2.37. The van der Waals surface area contributed by atoms with Gasteiger partial charge in [-0.1, -0.05) is 29.8 Å². The molecule has 2 N–H and O–H groups in total. The van der Waals surface area contributed by atoms with Crippen molar-refractivity contribution >= 4 is 11.6 Å². The summed E-state index contributed by atoms with van der Waals surface area (Å²) in [5, 5.41) is 13.4. The van der Waals surface area contributed by atoms with Crippen LogP contribution in [0.3, 0.4) is 0 Å². The number of aryl methyl sites for hydroxylation is 1. The standard InChI is InChI=1S/C29H36N4O4/c1-21(2)36-27-9-5-4-8-26(27)33-17-15-32(16-18-33)20-23(34)19-31-28(35)25-7-6-14-30-29(25)37-24-12-10-22(3)11-13-24/h4-14,21,23,34H,15-20H2,1-3H3,(H,31,35)/t23-/m1/s1. The summed E-state index contributed by atoms with van der Waals surface area (Å²) in [6, 6.07) is 19.0. The third kappa shape index (κ3) is 7.44. The second-order valence-corrected chi connectivity index (χ2v) is 9.56. The number of aliphatic hydroxyl groups is 1. The Kier molecular flexibility index (Phi) is 8.98. The number of hydrogen-bond acceptors (Lipinski definition) is 7. The molecule has 1 atom stereocenters. The first kappa shape index (κ1) is 26.4. The summed E-state index contributed by atoms with van der Waals surface area (Å²) >= 11 is 0. The zero-order chi connectivity index (χ0) is 26.2. The second-order valence-electron chi connectivity index (χ2n) is 9.56. The van der Waals surface area contributed by atoms with E-state index in [1.165, 1.54) is 0 Å². The number of rotatable bonds is 10. The van der Waals surface area contributed by atoms with Gasteiger partial charge in [-0.3, -0.25) is 9.69 Å². The molecular formula is C29H36N4O4. The van der Waals surface area contributed by atoms with Gasteiger partial charge >= 0.3 is 0 Å². The molecule has 196 valence electrons. The summed E-state index contributed by atoms with van der Waals surface area (Å²) in [7, 11) is 0. The van der Waals surface area contributed by atoms with Crippen molar-refractivity contribution in [2.45, 2.75) is 33.0 Å². The molecule has 0 spiro atoms. The molecule has 1 aliphatic rings. The lowest BCUT2D eigenvalue weighted by molar-refractivity contribution is 0.0849. The predicted octanol–water partition coefficient (Wildman–Crippen LogP) is 3.88. The Morgan fingerprint density at radius 1 is 1.03 bits per heavy atom. The number of ether oxygens (including phenoxy) is 2. The van der Waals surface area contributed by atoms with Crippen LogP contribution >= 0.6 is 0 Å². The van der Waals surface area contributed by atoms with Gasteiger partial charge in [0.15, 0.2) is 0 Å². The molecule has 0 saturated carbocycles. The maximum atomic E-state index is 12.8. The molecule has 8 heteroatoms. The van der Waals surface area contributed by atoms with E-state index in [1.54, 1.807) is 18.3 Å². The molecule has 0 radical (unpaired) electrons. The molecule has 37 heavy (non-hydrogen) atoms. The lowest BCUT2D eigenvalue weighted by Crippen LogP contribution is -2.50. The monoisotopic (exact) mass is 504 g/mol. The number of carbonyl (C=O) groups excluding carboxylic acids is 1. The van der Waals surface area contributed by atoms with Crippen LogP contribution in [0.1, 0.15) is 29.8 Å². The van der Waals surface area contributed by atoms with E-state index in [0.29, 0.717) is 17.9 Å². The van der Waals surface area contributed by atoms with Crippen LogP contribution in [0.25, 0.3) is 0 Å². The molecule has 0 bridgehead atoms. The quantitative estimate of drug-likeness (QED) is 0.433. The van der Waals surface area contributed by atoms with E-state index in [-0.39, 0.29) is 24.4 Å². The molecule has 4 rings (SSSR count). The van der Waals surface area contributed by atoms with Crippen molar-refractivity contribution in [3.05, 3.63) is 78.0 Å². The Labute approximate surface area is 218 Å². The fourth-order valence-corrected chi connectivity index (χ4v) is 4.27. The number of nitrogens with one attached hydrogen (secondary N) is 1. The largest absolute Gasteiger partial charge is 0.489 e. The Morgan fingerprint density at radius 3 is 2.49 bits per heavy atom. The first-order valence-corrected chi connectivity index (χ1v) is 12.8. The summed E-state index contributed by atoms with van der Waals surface area (Å²) in [6.45, 7) is 10.00. The summed E-state index contributed by atoms with van der Waals surface area (Å²) in [4.78, 5) is 21.6. The third-order valence-corrected chi connectivity index (χ3v) is 6.16. The topological polar surface area (TPSA) is 87.2 Å². The Balaban J connectivity index is 1.26. The minimum absolute atomic E-state index is 0.115. The molecule has 1 fully saturated rings. The van der Waals surface area contributed by atoms with Gasteiger partial charge in [-0.2, -0.15) is 0 Å². The number of pyridine rings is 1. The molecule has 0 aliphatic carbocycles. The zero-order valence-electron chi connectivity index (χ0n) is 21.8. The van der Waals surface area contributed by atoms with Gasteiger partial charge in [0, 0.05) is 45.5 Å². The van der Waals surface area contributed by atoms with Crippen molar-refractivity contribution in [1.29, 1.82) is 0 Å². The van der Waals surface area contributed by atoms with E-state index in [0.717, 1.165) is 43.2 Å². The molecule has 2 heterocycles. The number of β-amino-alcohol motifs (C(OH)–C–C–N with tert-alkyl or cyclic N) is 1. The highest BCUT2D eigenvalue weighted by molar-refractivity contribution is 5.96. The Morgan fingerprint density at radius 2 is 1.76 bits per heavy atom. The highest BCUT2D eigenvalue weighted by Crippen LogP contribution is 2.29. The molecule has 1 saturated heterocycles. The molecule has 1 aliphatic heterocycles. The molecule has 1 amide bonds. The van der Waals surface area contributed by atoms with Gasteiger partial charge < -0.3 is 24.8 Å². The van der Waals surface area contributed by atoms with Crippen molar-refractivity contribution < 1.29 is 19.4 Å². The number of nitrogens with zero attached hydrogens (tertiary/aromatic N) is 3. The lowest BCUT2D eigenvalue weighted by atomic mass is 10.2. The smallest absolute Gasteiger partial charge is 0.256 e. The summed E-state index contributed by atoms with van der Waals surface area (Å²) in [5.41, 5.74) is 2.54. The molecule has 1 aromatic heterocycles. The maximum absolute atomic E-state index is 12.8. The number of piperazine rings is 1. The number of para-hydroxylation sites is 2. The van der Waals surface area contributed by atoms with Gasteiger partial charge in [-0.05, 0) is 57.2 Å². The first-order chi connectivity index (χ1) is 17.9. The minimum Gasteiger partial charge on any atom is -0.489 e. The van der Waals surface area contributed by atoms with Crippen molar-refractivity contribution in [1.82, 2.24) is 15.2 Å². The number of amides is 1. The van der Waals surface area contributed by atoms with Crippen molar-refractivity contribution in [3.63, 3.8) is 0 Å². The average Bonchev–Trinajstić information content (AvgIpc) is 2.89. The van der Waals surface area contributed by atoms with Crippen molar-refractivity contribution in [2.75, 3.05) is 44.2 Å². The second kappa shape index (κ2) is 12.6. The summed E-state index contributed by atoms with van der Waals surface area (Å²) in [6.07, 6.45) is 1.01. The Bertz CT molecular complexity index is 1160. The van der Waals surface area contributed by atoms with Gasteiger partial charge in [0.1, 0.15) is 17.1 Å². The fourth-order valence-electron chi connectivity index (χ4n) is 4.27. The van der Waals surface area contributed by atoms with E-state index < -0.39 is 6.10 Å². The van der Waals surface area contributed by atoms with Crippen LogP contribution in [-0.2, 0) is 0 Å². The molecule has 8 nitrogen and oxygen atoms in total. The first-order valence-electron chi connectivity index (χ1n) is 12.8. The van der Waals surface area contributed by atoms with Crippen LogP contribution in [0.15, 0.2) is 66.9 Å². The fraction of sp³-hybridized carbons (Fsp3) is 0.379. The number of anilines is 1. The van der Waals surface area contributed by atoms with Gasteiger partial charge in [0.25, 0.3) is 5.91 Å². The highest BCUT2D eigenvalue weighted by atomic mass is 16.5. The van der Waals surface area contributed by atoms with Gasteiger partial charge in [-0.15, -0.1) is 0 Å². The number of aromatic nitrogens is 1. The predicted molar refractivity (Wildman–Crippen MR) is 145 cm³/mol. The number of aliphatic hydroxyl groups excluding tert-OH is 1. The molecule has 0 unspecified atom stereocenters. The summed E-state index contributed by atoms with van der Waals surface area (Å²) in [5.74, 6) is 1.41. The van der Waals surface area contributed by atoms with E-state index >= 15 is 0 Å². The molecule has 3 aromatic rings. The van der Waals surface area contributed by atoms with E-state index in [9.17, 15) is 9.90 Å². The summed E-state index contributed by atoms with van der Waals surface area (Å²) < 4.78 is 11.8. The van der Waals surface area contributed by atoms with Crippen LogP contribution in [0, 0.1) is 6.92 Å². The SMILES string of the molecule is Cc1ccc(Oc2ncccc2C(=O)NC[C@@H](O)CN2CCN(c3ccccc3OC(C)C)CC2)cc1. The van der Waals surface area contributed by atoms with Crippen LogP contribution in [0.4, 0.5) is 5.69 Å². The van der Waals surface area contributed by atoms with Crippen LogP contribution in [0.5, 0.6) is 17.4 Å². The molecule has 2 aromatic carbocycles.